The zero-order valence-corrected chi connectivity index (χ0v) is 11.1. The normalized spacial score (nSPS) is 12.2. The second-order valence-corrected chi connectivity index (χ2v) is 4.59. The standard InChI is InChI=1S/C16H17F2N/c1-3-16(13-6-4-5-7-14(13)17)19-12-9-8-11(2)15(18)10-12/h4-10,16,19H,3H2,1-2H3. The maximum Gasteiger partial charge on any atom is 0.128 e. The van der Waals surface area contributed by atoms with E-state index in [-0.39, 0.29) is 17.7 Å². The van der Waals surface area contributed by atoms with Crippen LogP contribution in [0.2, 0.25) is 0 Å². The molecule has 2 aromatic rings. The lowest BCUT2D eigenvalue weighted by atomic mass is 10.0. The third-order valence-electron chi connectivity index (χ3n) is 3.20. The summed E-state index contributed by atoms with van der Waals surface area (Å²) in [5, 5.41) is 3.17. The summed E-state index contributed by atoms with van der Waals surface area (Å²) in [7, 11) is 0. The Bertz CT molecular complexity index is 566. The van der Waals surface area contributed by atoms with Crippen LogP contribution in [-0.4, -0.2) is 0 Å². The summed E-state index contributed by atoms with van der Waals surface area (Å²) in [6.07, 6.45) is 0.719. The van der Waals surface area contributed by atoms with Gasteiger partial charge in [-0.05, 0) is 37.1 Å². The maximum absolute atomic E-state index is 13.8. The number of anilines is 1. The first-order valence-electron chi connectivity index (χ1n) is 6.39. The maximum atomic E-state index is 13.8. The van der Waals surface area contributed by atoms with Crippen molar-refractivity contribution >= 4 is 5.69 Å². The van der Waals surface area contributed by atoms with Crippen molar-refractivity contribution in [1.82, 2.24) is 0 Å². The molecule has 0 radical (unpaired) electrons. The van der Waals surface area contributed by atoms with Crippen molar-refractivity contribution in [2.24, 2.45) is 0 Å². The molecule has 1 atom stereocenters. The molecule has 0 spiro atoms. The Labute approximate surface area is 112 Å². The van der Waals surface area contributed by atoms with E-state index in [0.29, 0.717) is 16.8 Å². The monoisotopic (exact) mass is 261 g/mol. The van der Waals surface area contributed by atoms with Gasteiger partial charge in [-0.2, -0.15) is 0 Å². The fraction of sp³-hybridized carbons (Fsp3) is 0.250. The number of halogens is 2. The summed E-state index contributed by atoms with van der Waals surface area (Å²) in [5.74, 6) is -0.497. The van der Waals surface area contributed by atoms with Crippen LogP contribution in [0, 0.1) is 18.6 Å². The Morgan fingerprint density at radius 2 is 1.79 bits per heavy atom. The Kier molecular flexibility index (Phi) is 4.15. The molecule has 1 nitrogen and oxygen atoms in total. The Morgan fingerprint density at radius 1 is 1.05 bits per heavy atom. The highest BCUT2D eigenvalue weighted by molar-refractivity contribution is 5.47. The highest BCUT2D eigenvalue weighted by Gasteiger charge is 2.13. The fourth-order valence-electron chi connectivity index (χ4n) is 2.04. The van der Waals surface area contributed by atoms with Crippen LogP contribution >= 0.6 is 0 Å². The molecule has 0 fully saturated rings. The van der Waals surface area contributed by atoms with E-state index in [1.807, 2.05) is 13.0 Å². The summed E-state index contributed by atoms with van der Waals surface area (Å²) >= 11 is 0. The second kappa shape index (κ2) is 5.83. The first-order valence-corrected chi connectivity index (χ1v) is 6.39. The van der Waals surface area contributed by atoms with Crippen LogP contribution in [-0.2, 0) is 0 Å². The van der Waals surface area contributed by atoms with Crippen molar-refractivity contribution in [3.05, 3.63) is 65.2 Å². The molecule has 1 unspecified atom stereocenters. The first kappa shape index (κ1) is 13.5. The third kappa shape index (κ3) is 3.11. The van der Waals surface area contributed by atoms with Gasteiger partial charge in [0, 0.05) is 11.3 Å². The van der Waals surface area contributed by atoms with Crippen LogP contribution in [0.3, 0.4) is 0 Å². The van der Waals surface area contributed by atoms with E-state index in [1.54, 1.807) is 31.2 Å². The Hall–Kier alpha value is -1.90. The number of hydrogen-bond donors (Lipinski definition) is 1. The highest BCUT2D eigenvalue weighted by Crippen LogP contribution is 2.25. The molecule has 19 heavy (non-hydrogen) atoms. The zero-order valence-electron chi connectivity index (χ0n) is 11.1. The summed E-state index contributed by atoms with van der Waals surface area (Å²) in [6.45, 7) is 3.68. The average molecular weight is 261 g/mol. The first-order chi connectivity index (χ1) is 9.11. The molecule has 0 saturated carbocycles. The summed E-state index contributed by atoms with van der Waals surface area (Å²) in [6, 6.07) is 11.5. The minimum absolute atomic E-state index is 0.164. The molecule has 3 heteroatoms. The van der Waals surface area contributed by atoms with E-state index in [1.165, 1.54) is 12.1 Å². The van der Waals surface area contributed by atoms with Gasteiger partial charge in [-0.25, -0.2) is 8.78 Å². The number of hydrogen-bond acceptors (Lipinski definition) is 1. The second-order valence-electron chi connectivity index (χ2n) is 4.59. The molecule has 0 heterocycles. The van der Waals surface area contributed by atoms with Gasteiger partial charge in [0.2, 0.25) is 0 Å². The smallest absolute Gasteiger partial charge is 0.128 e. The molecular formula is C16H17F2N. The van der Waals surface area contributed by atoms with E-state index in [4.69, 9.17) is 0 Å². The van der Waals surface area contributed by atoms with Crippen molar-refractivity contribution in [3.63, 3.8) is 0 Å². The molecule has 0 aliphatic heterocycles. The van der Waals surface area contributed by atoms with Gasteiger partial charge in [0.05, 0.1) is 6.04 Å². The largest absolute Gasteiger partial charge is 0.378 e. The zero-order chi connectivity index (χ0) is 13.8. The van der Waals surface area contributed by atoms with E-state index in [9.17, 15) is 8.78 Å². The van der Waals surface area contributed by atoms with Gasteiger partial charge >= 0.3 is 0 Å². The van der Waals surface area contributed by atoms with Crippen LogP contribution in [0.15, 0.2) is 42.5 Å². The van der Waals surface area contributed by atoms with Crippen LogP contribution in [0.1, 0.15) is 30.5 Å². The molecule has 0 aliphatic rings. The van der Waals surface area contributed by atoms with Crippen LogP contribution < -0.4 is 5.32 Å². The highest BCUT2D eigenvalue weighted by atomic mass is 19.1. The van der Waals surface area contributed by atoms with Gasteiger partial charge in [-0.3, -0.25) is 0 Å². The lowest BCUT2D eigenvalue weighted by Crippen LogP contribution is -2.11. The van der Waals surface area contributed by atoms with E-state index < -0.39 is 0 Å². The van der Waals surface area contributed by atoms with Crippen molar-refractivity contribution in [2.75, 3.05) is 5.32 Å². The quantitative estimate of drug-likeness (QED) is 0.830. The van der Waals surface area contributed by atoms with E-state index >= 15 is 0 Å². The molecule has 0 aromatic heterocycles. The number of aryl methyl sites for hydroxylation is 1. The molecule has 0 bridgehead atoms. The van der Waals surface area contributed by atoms with Crippen LogP contribution in [0.25, 0.3) is 0 Å². The summed E-state index contributed by atoms with van der Waals surface area (Å²) < 4.78 is 27.3. The predicted molar refractivity (Wildman–Crippen MR) is 74.2 cm³/mol. The molecule has 2 aromatic carbocycles. The van der Waals surface area contributed by atoms with Crippen molar-refractivity contribution in [2.45, 2.75) is 26.3 Å². The van der Waals surface area contributed by atoms with Crippen molar-refractivity contribution in [1.29, 1.82) is 0 Å². The van der Waals surface area contributed by atoms with E-state index in [2.05, 4.69) is 5.32 Å². The van der Waals surface area contributed by atoms with Gasteiger partial charge in [0.25, 0.3) is 0 Å². The summed E-state index contributed by atoms with van der Waals surface area (Å²) in [4.78, 5) is 0. The van der Waals surface area contributed by atoms with E-state index in [0.717, 1.165) is 6.42 Å². The summed E-state index contributed by atoms with van der Waals surface area (Å²) in [5.41, 5.74) is 1.87. The van der Waals surface area contributed by atoms with Gasteiger partial charge in [-0.15, -0.1) is 0 Å². The molecule has 1 N–H and O–H groups in total. The number of nitrogens with one attached hydrogen (secondary N) is 1. The third-order valence-corrected chi connectivity index (χ3v) is 3.20. The van der Waals surface area contributed by atoms with Crippen LogP contribution in [0.5, 0.6) is 0 Å². The van der Waals surface area contributed by atoms with Crippen molar-refractivity contribution < 1.29 is 8.78 Å². The van der Waals surface area contributed by atoms with Gasteiger partial charge in [0.15, 0.2) is 0 Å². The Balaban J connectivity index is 2.24. The van der Waals surface area contributed by atoms with Gasteiger partial charge < -0.3 is 5.32 Å². The molecular weight excluding hydrogens is 244 g/mol. The number of benzene rings is 2. The molecule has 100 valence electrons. The SMILES string of the molecule is CCC(Nc1ccc(C)c(F)c1)c1ccccc1F. The van der Waals surface area contributed by atoms with Gasteiger partial charge in [-0.1, -0.05) is 31.2 Å². The molecule has 0 aliphatic carbocycles. The van der Waals surface area contributed by atoms with Gasteiger partial charge in [0.1, 0.15) is 11.6 Å². The minimum Gasteiger partial charge on any atom is -0.378 e. The molecule has 0 saturated heterocycles. The fourth-order valence-corrected chi connectivity index (χ4v) is 2.04. The molecule has 2 rings (SSSR count). The lowest BCUT2D eigenvalue weighted by Gasteiger charge is -2.19. The minimum atomic E-state index is -0.256. The predicted octanol–water partition coefficient (Wildman–Crippen LogP) is 4.84. The lowest BCUT2D eigenvalue weighted by molar-refractivity contribution is 0.586. The molecule has 0 amide bonds. The number of rotatable bonds is 4. The van der Waals surface area contributed by atoms with Crippen LogP contribution in [0.4, 0.5) is 14.5 Å². The topological polar surface area (TPSA) is 12.0 Å². The van der Waals surface area contributed by atoms with Crippen molar-refractivity contribution in [3.8, 4) is 0 Å². The Morgan fingerprint density at radius 3 is 2.42 bits per heavy atom. The average Bonchev–Trinajstić information content (AvgIpc) is 2.41.